The summed E-state index contributed by atoms with van der Waals surface area (Å²) in [5.74, 6) is 0. The van der Waals surface area contributed by atoms with Gasteiger partial charge in [-0.2, -0.15) is 0 Å². The molecule has 0 aliphatic rings. The van der Waals surface area contributed by atoms with Crippen LogP contribution in [0.3, 0.4) is 0 Å². The molecule has 1 aromatic carbocycles. The average Bonchev–Trinajstić information content (AvgIpc) is 1.97. The van der Waals surface area contributed by atoms with Crippen molar-refractivity contribution in [2.24, 2.45) is 0 Å². The highest BCUT2D eigenvalue weighted by atomic mass is 35.5. The number of benzene rings is 1. The molecule has 0 fully saturated rings. The highest BCUT2D eigenvalue weighted by Crippen LogP contribution is 2.19. The summed E-state index contributed by atoms with van der Waals surface area (Å²) in [4.78, 5) is 9.84. The van der Waals surface area contributed by atoms with Gasteiger partial charge in [-0.1, -0.05) is 23.7 Å². The lowest BCUT2D eigenvalue weighted by atomic mass is 10.1. The van der Waals surface area contributed by atoms with E-state index in [2.05, 4.69) is 0 Å². The van der Waals surface area contributed by atoms with Crippen LogP contribution in [0.2, 0.25) is 5.02 Å². The van der Waals surface area contributed by atoms with Crippen molar-refractivity contribution in [2.75, 3.05) is 0 Å². The summed E-state index contributed by atoms with van der Waals surface area (Å²) in [6, 6.07) is 5.25. The van der Waals surface area contributed by atoms with Crippen LogP contribution in [0.25, 0.3) is 0 Å². The van der Waals surface area contributed by atoms with E-state index in [0.29, 0.717) is 10.6 Å². The van der Waals surface area contributed by atoms with Gasteiger partial charge >= 0.3 is 0 Å². The predicted octanol–water partition coefficient (Wildman–Crippen LogP) is 2.43. The Labute approximate surface area is 75.1 Å². The van der Waals surface area contributed by atoms with Crippen molar-refractivity contribution in [1.82, 2.24) is 0 Å². The Morgan fingerprint density at radius 3 is 2.75 bits per heavy atom. The average molecular weight is 186 g/mol. The van der Waals surface area contributed by atoms with E-state index in [0.717, 1.165) is 5.56 Å². The molecule has 0 spiro atoms. The molecule has 0 aliphatic carbocycles. The molecule has 0 bridgehead atoms. The lowest BCUT2D eigenvalue weighted by molar-refractivity contribution is -0.496. The lowest BCUT2D eigenvalue weighted by Crippen LogP contribution is -2.00. The number of hydrogen-bond acceptors (Lipinski definition) is 2. The van der Waals surface area contributed by atoms with E-state index in [4.69, 9.17) is 11.6 Å². The quantitative estimate of drug-likeness (QED) is 0.525. The standard InChI is InChI=1S/C8H8ClNO2/c1-6-3-2-4-8(9)7(6)5-10(11)12/h2-4H,5H2,1H3. The maximum atomic E-state index is 10.2. The van der Waals surface area contributed by atoms with Crippen LogP contribution in [-0.2, 0) is 6.54 Å². The van der Waals surface area contributed by atoms with Crippen molar-refractivity contribution in [3.8, 4) is 0 Å². The number of rotatable bonds is 2. The molecule has 0 atom stereocenters. The third kappa shape index (κ3) is 1.95. The molecule has 1 aromatic rings. The van der Waals surface area contributed by atoms with E-state index >= 15 is 0 Å². The Bertz CT molecular complexity index is 292. The second-order valence-corrected chi connectivity index (χ2v) is 2.93. The van der Waals surface area contributed by atoms with Gasteiger partial charge in [0.25, 0.3) is 0 Å². The predicted molar refractivity (Wildman–Crippen MR) is 46.9 cm³/mol. The van der Waals surface area contributed by atoms with Crippen molar-refractivity contribution >= 4 is 11.6 Å². The molecule has 0 aliphatic heterocycles. The van der Waals surface area contributed by atoms with Gasteiger partial charge < -0.3 is 0 Å². The van der Waals surface area contributed by atoms with Crippen LogP contribution in [0.4, 0.5) is 0 Å². The maximum Gasteiger partial charge on any atom is 0.230 e. The number of nitro groups is 1. The summed E-state index contributed by atoms with van der Waals surface area (Å²) in [6.45, 7) is 1.61. The second kappa shape index (κ2) is 3.54. The SMILES string of the molecule is Cc1cccc(Cl)c1C[N+](=O)[O-]. The molecular formula is C8H8ClNO2. The molecule has 0 radical (unpaired) electrons. The number of hydrogen-bond donors (Lipinski definition) is 0. The molecule has 3 nitrogen and oxygen atoms in total. The minimum atomic E-state index is -0.381. The van der Waals surface area contributed by atoms with Gasteiger partial charge in [0.05, 0.1) is 5.02 Å². The second-order valence-electron chi connectivity index (χ2n) is 2.53. The van der Waals surface area contributed by atoms with Gasteiger partial charge in [-0.15, -0.1) is 0 Å². The third-order valence-electron chi connectivity index (χ3n) is 1.64. The lowest BCUT2D eigenvalue weighted by Gasteiger charge is -2.02. The molecular weight excluding hydrogens is 178 g/mol. The number of aryl methyl sites for hydroxylation is 1. The first-order valence-electron chi connectivity index (χ1n) is 3.47. The molecule has 0 saturated heterocycles. The summed E-state index contributed by atoms with van der Waals surface area (Å²) in [5, 5.41) is 10.7. The van der Waals surface area contributed by atoms with Gasteiger partial charge in [-0.05, 0) is 18.6 Å². The van der Waals surface area contributed by atoms with Crippen LogP contribution in [-0.4, -0.2) is 4.92 Å². The van der Waals surface area contributed by atoms with E-state index in [1.54, 1.807) is 12.1 Å². The van der Waals surface area contributed by atoms with Crippen molar-refractivity contribution in [3.63, 3.8) is 0 Å². The summed E-state index contributed by atoms with van der Waals surface area (Å²) in [5.41, 5.74) is 1.46. The van der Waals surface area contributed by atoms with E-state index < -0.39 is 0 Å². The van der Waals surface area contributed by atoms with Crippen LogP contribution < -0.4 is 0 Å². The fourth-order valence-electron chi connectivity index (χ4n) is 0.996. The van der Waals surface area contributed by atoms with Gasteiger partial charge in [0.1, 0.15) is 0 Å². The van der Waals surface area contributed by atoms with E-state index in [9.17, 15) is 10.1 Å². The molecule has 0 amide bonds. The minimum absolute atomic E-state index is 0.203. The van der Waals surface area contributed by atoms with Gasteiger partial charge in [0, 0.05) is 10.5 Å². The van der Waals surface area contributed by atoms with Gasteiger partial charge in [-0.25, -0.2) is 0 Å². The van der Waals surface area contributed by atoms with Crippen LogP contribution in [0, 0.1) is 17.0 Å². The van der Waals surface area contributed by atoms with E-state index in [1.165, 1.54) is 0 Å². The first-order valence-corrected chi connectivity index (χ1v) is 3.85. The molecule has 0 heterocycles. The summed E-state index contributed by atoms with van der Waals surface area (Å²) < 4.78 is 0. The largest absolute Gasteiger partial charge is 0.264 e. The monoisotopic (exact) mass is 185 g/mol. The first-order chi connectivity index (χ1) is 5.61. The maximum absolute atomic E-state index is 10.2. The normalized spacial score (nSPS) is 9.83. The van der Waals surface area contributed by atoms with Crippen molar-refractivity contribution in [3.05, 3.63) is 44.5 Å². The molecule has 1 rings (SSSR count). The van der Waals surface area contributed by atoms with Crippen LogP contribution in [0.15, 0.2) is 18.2 Å². The highest BCUT2D eigenvalue weighted by Gasteiger charge is 2.08. The molecule has 0 saturated carbocycles. The Hall–Kier alpha value is -1.09. The van der Waals surface area contributed by atoms with Crippen molar-refractivity contribution < 1.29 is 4.92 Å². The Morgan fingerprint density at radius 1 is 1.58 bits per heavy atom. The van der Waals surface area contributed by atoms with Gasteiger partial charge in [0.15, 0.2) is 0 Å². The van der Waals surface area contributed by atoms with Crippen molar-refractivity contribution in [1.29, 1.82) is 0 Å². The van der Waals surface area contributed by atoms with Crippen molar-refractivity contribution in [2.45, 2.75) is 13.5 Å². The fourth-order valence-corrected chi connectivity index (χ4v) is 1.28. The molecule has 0 aromatic heterocycles. The summed E-state index contributed by atoms with van der Waals surface area (Å²) in [6.07, 6.45) is 0. The third-order valence-corrected chi connectivity index (χ3v) is 1.99. The Kier molecular flexibility index (Phi) is 2.65. The zero-order valence-electron chi connectivity index (χ0n) is 6.58. The smallest absolute Gasteiger partial charge is 0.230 e. The zero-order valence-corrected chi connectivity index (χ0v) is 7.34. The van der Waals surface area contributed by atoms with Crippen LogP contribution >= 0.6 is 11.6 Å². The summed E-state index contributed by atoms with van der Waals surface area (Å²) >= 11 is 5.77. The molecule has 4 heteroatoms. The van der Waals surface area contributed by atoms with E-state index in [1.807, 2.05) is 13.0 Å². The Morgan fingerprint density at radius 2 is 2.25 bits per heavy atom. The summed E-state index contributed by atoms with van der Waals surface area (Å²) in [7, 11) is 0. The topological polar surface area (TPSA) is 43.1 Å². The van der Waals surface area contributed by atoms with Gasteiger partial charge in [0.2, 0.25) is 6.54 Å². The fraction of sp³-hybridized carbons (Fsp3) is 0.250. The van der Waals surface area contributed by atoms with Crippen LogP contribution in [0.5, 0.6) is 0 Å². The molecule has 0 unspecified atom stereocenters. The Balaban J connectivity index is 3.04. The minimum Gasteiger partial charge on any atom is -0.264 e. The molecule has 64 valence electrons. The number of nitrogens with zero attached hydrogens (tertiary/aromatic N) is 1. The number of halogens is 1. The first kappa shape index (κ1) is 9.00. The molecule has 12 heavy (non-hydrogen) atoms. The van der Waals surface area contributed by atoms with Gasteiger partial charge in [-0.3, -0.25) is 10.1 Å². The highest BCUT2D eigenvalue weighted by molar-refractivity contribution is 6.31. The van der Waals surface area contributed by atoms with Crippen LogP contribution in [0.1, 0.15) is 11.1 Å². The van der Waals surface area contributed by atoms with E-state index in [-0.39, 0.29) is 11.5 Å². The molecule has 0 N–H and O–H groups in total. The zero-order chi connectivity index (χ0) is 9.14.